The normalized spacial score (nSPS) is 20.6. The van der Waals surface area contributed by atoms with Crippen molar-refractivity contribution in [3.8, 4) is 0 Å². The van der Waals surface area contributed by atoms with E-state index in [0.29, 0.717) is 19.3 Å². The van der Waals surface area contributed by atoms with E-state index in [2.05, 4.69) is 4.90 Å². The third-order valence-electron chi connectivity index (χ3n) is 3.61. The largest absolute Gasteiger partial charge is 0.481 e. The van der Waals surface area contributed by atoms with E-state index >= 15 is 0 Å². The number of hydrogen-bond donors (Lipinski definition) is 1. The first-order valence-corrected chi connectivity index (χ1v) is 7.26. The zero-order valence-electron chi connectivity index (χ0n) is 12.0. The van der Waals surface area contributed by atoms with Crippen molar-refractivity contribution in [1.29, 1.82) is 0 Å². The van der Waals surface area contributed by atoms with Crippen molar-refractivity contribution < 1.29 is 19.4 Å². The Morgan fingerprint density at radius 3 is 2.89 bits per heavy atom. The molecule has 0 radical (unpaired) electrons. The molecule has 1 N–H and O–H groups in total. The lowest BCUT2D eigenvalue weighted by Gasteiger charge is -2.35. The minimum absolute atomic E-state index is 0.283. The van der Waals surface area contributed by atoms with Crippen molar-refractivity contribution in [2.24, 2.45) is 0 Å². The highest BCUT2D eigenvalue weighted by atomic mass is 16.5. The molecule has 0 amide bonds. The van der Waals surface area contributed by atoms with Gasteiger partial charge in [0.15, 0.2) is 0 Å². The minimum atomic E-state index is -0.687. The van der Waals surface area contributed by atoms with E-state index in [1.54, 1.807) is 7.11 Å². The lowest BCUT2D eigenvalue weighted by atomic mass is 9.98. The molecule has 0 aromatic heterocycles. The van der Waals surface area contributed by atoms with Crippen LogP contribution in [-0.2, 0) is 14.3 Å². The van der Waals surface area contributed by atoms with Crippen LogP contribution in [0, 0.1) is 0 Å². The van der Waals surface area contributed by atoms with Gasteiger partial charge in [-0.05, 0) is 32.2 Å². The van der Waals surface area contributed by atoms with Gasteiger partial charge < -0.3 is 19.5 Å². The Morgan fingerprint density at radius 1 is 1.32 bits per heavy atom. The fourth-order valence-corrected chi connectivity index (χ4v) is 2.59. The van der Waals surface area contributed by atoms with Gasteiger partial charge in [-0.3, -0.25) is 4.79 Å². The predicted molar refractivity (Wildman–Crippen MR) is 73.4 cm³/mol. The second-order valence-electron chi connectivity index (χ2n) is 5.08. The van der Waals surface area contributed by atoms with Crippen LogP contribution >= 0.6 is 0 Å². The predicted octanol–water partition coefficient (Wildman–Crippen LogP) is 1.76. The van der Waals surface area contributed by atoms with E-state index in [1.807, 2.05) is 0 Å². The molecule has 1 heterocycles. The van der Waals surface area contributed by atoms with Gasteiger partial charge in [-0.1, -0.05) is 6.42 Å². The van der Waals surface area contributed by atoms with Crippen LogP contribution in [0.15, 0.2) is 0 Å². The fraction of sp³-hybridized carbons (Fsp3) is 0.929. The van der Waals surface area contributed by atoms with E-state index in [4.69, 9.17) is 14.6 Å². The summed E-state index contributed by atoms with van der Waals surface area (Å²) in [7, 11) is 1.67. The van der Waals surface area contributed by atoms with E-state index in [9.17, 15) is 4.79 Å². The molecule has 1 fully saturated rings. The van der Waals surface area contributed by atoms with E-state index in [1.165, 1.54) is 12.8 Å². The minimum Gasteiger partial charge on any atom is -0.481 e. The quantitative estimate of drug-likeness (QED) is 0.615. The number of likely N-dealkylation sites (tertiary alicyclic amines) is 1. The molecule has 1 aliphatic heterocycles. The van der Waals surface area contributed by atoms with Crippen molar-refractivity contribution in [2.75, 3.05) is 40.0 Å². The lowest BCUT2D eigenvalue weighted by Crippen LogP contribution is -2.40. The number of carboxylic acid groups (broad SMARTS) is 1. The van der Waals surface area contributed by atoms with Crippen molar-refractivity contribution >= 4 is 5.97 Å². The van der Waals surface area contributed by atoms with Gasteiger partial charge in [-0.25, -0.2) is 0 Å². The van der Waals surface area contributed by atoms with Crippen LogP contribution in [0.25, 0.3) is 0 Å². The summed E-state index contributed by atoms with van der Waals surface area (Å²) in [5, 5.41) is 8.78. The molecule has 5 heteroatoms. The number of ether oxygens (including phenoxy) is 2. The molecule has 1 aliphatic rings. The number of rotatable bonds is 10. The first-order valence-electron chi connectivity index (χ1n) is 7.26. The van der Waals surface area contributed by atoms with E-state index in [0.717, 1.165) is 39.0 Å². The number of hydrogen-bond acceptors (Lipinski definition) is 4. The van der Waals surface area contributed by atoms with Crippen LogP contribution in [0.2, 0.25) is 0 Å². The molecule has 0 aromatic carbocycles. The molecule has 5 nitrogen and oxygen atoms in total. The maximum atomic E-state index is 10.7. The maximum Gasteiger partial charge on any atom is 0.303 e. The summed E-state index contributed by atoms with van der Waals surface area (Å²) in [6, 6.07) is 0.448. The van der Waals surface area contributed by atoms with Gasteiger partial charge in [0.1, 0.15) is 0 Å². The third-order valence-corrected chi connectivity index (χ3v) is 3.61. The Labute approximate surface area is 115 Å². The van der Waals surface area contributed by atoms with Crippen LogP contribution in [0.5, 0.6) is 0 Å². The van der Waals surface area contributed by atoms with Crippen LogP contribution in [-0.4, -0.2) is 62.0 Å². The topological polar surface area (TPSA) is 59.0 Å². The van der Waals surface area contributed by atoms with Crippen LogP contribution < -0.4 is 0 Å². The Morgan fingerprint density at radius 2 is 2.16 bits per heavy atom. The zero-order chi connectivity index (χ0) is 13.9. The van der Waals surface area contributed by atoms with Gasteiger partial charge in [0.25, 0.3) is 0 Å². The Hall–Kier alpha value is -0.650. The number of nitrogens with zero attached hydrogens (tertiary/aromatic N) is 1. The summed E-state index contributed by atoms with van der Waals surface area (Å²) in [4.78, 5) is 13.1. The first kappa shape index (κ1) is 16.4. The molecule has 112 valence electrons. The molecule has 0 bridgehead atoms. The van der Waals surface area contributed by atoms with E-state index < -0.39 is 5.97 Å². The molecule has 1 atom stereocenters. The smallest absolute Gasteiger partial charge is 0.303 e. The summed E-state index contributed by atoms with van der Waals surface area (Å²) in [5.74, 6) is -0.687. The molecule has 1 rings (SSSR count). The molecule has 0 saturated carbocycles. The molecule has 1 saturated heterocycles. The number of carboxylic acids is 1. The average molecular weight is 273 g/mol. The molecular formula is C14H27NO4. The summed E-state index contributed by atoms with van der Waals surface area (Å²) >= 11 is 0. The zero-order valence-corrected chi connectivity index (χ0v) is 12.0. The summed E-state index contributed by atoms with van der Waals surface area (Å²) < 4.78 is 10.4. The van der Waals surface area contributed by atoms with Gasteiger partial charge in [-0.2, -0.15) is 0 Å². The number of piperidine rings is 1. The Kier molecular flexibility index (Phi) is 8.79. The van der Waals surface area contributed by atoms with Gasteiger partial charge in [0, 0.05) is 32.7 Å². The number of methoxy groups -OCH3 is 1. The second-order valence-corrected chi connectivity index (χ2v) is 5.08. The highest BCUT2D eigenvalue weighted by Crippen LogP contribution is 2.20. The molecule has 0 aromatic rings. The Bertz CT molecular complexity index is 248. The standard InChI is InChI=1S/C14H27NO4/c1-18-11-12-19-10-4-9-15-8-3-2-5-13(15)6-7-14(16)17/h13H,2-12H2,1H3,(H,16,17). The maximum absolute atomic E-state index is 10.7. The molecule has 19 heavy (non-hydrogen) atoms. The highest BCUT2D eigenvalue weighted by Gasteiger charge is 2.22. The third kappa shape index (κ3) is 7.50. The first-order chi connectivity index (χ1) is 9.24. The van der Waals surface area contributed by atoms with Gasteiger partial charge in [0.05, 0.1) is 13.2 Å². The molecule has 1 unspecified atom stereocenters. The van der Waals surface area contributed by atoms with Crippen molar-refractivity contribution in [1.82, 2.24) is 4.90 Å². The van der Waals surface area contributed by atoms with Crippen molar-refractivity contribution in [2.45, 2.75) is 44.6 Å². The van der Waals surface area contributed by atoms with Crippen LogP contribution in [0.3, 0.4) is 0 Å². The fourth-order valence-electron chi connectivity index (χ4n) is 2.59. The SMILES string of the molecule is COCCOCCCN1CCCCC1CCC(=O)O. The molecule has 0 aliphatic carbocycles. The van der Waals surface area contributed by atoms with Crippen LogP contribution in [0.4, 0.5) is 0 Å². The van der Waals surface area contributed by atoms with Gasteiger partial charge in [-0.15, -0.1) is 0 Å². The van der Waals surface area contributed by atoms with Gasteiger partial charge in [0.2, 0.25) is 0 Å². The summed E-state index contributed by atoms with van der Waals surface area (Å²) in [6.45, 7) is 4.16. The van der Waals surface area contributed by atoms with Crippen molar-refractivity contribution in [3.05, 3.63) is 0 Å². The number of aliphatic carboxylic acids is 1. The second kappa shape index (κ2) is 10.2. The monoisotopic (exact) mass is 273 g/mol. The highest BCUT2D eigenvalue weighted by molar-refractivity contribution is 5.66. The summed E-state index contributed by atoms with van der Waals surface area (Å²) in [6.07, 6.45) is 5.66. The lowest BCUT2D eigenvalue weighted by molar-refractivity contribution is -0.137. The Balaban J connectivity index is 2.15. The number of carbonyl (C=O) groups is 1. The van der Waals surface area contributed by atoms with Crippen molar-refractivity contribution in [3.63, 3.8) is 0 Å². The average Bonchev–Trinajstić information content (AvgIpc) is 2.41. The van der Waals surface area contributed by atoms with Crippen LogP contribution in [0.1, 0.15) is 38.5 Å². The van der Waals surface area contributed by atoms with Gasteiger partial charge >= 0.3 is 5.97 Å². The molecular weight excluding hydrogens is 246 g/mol. The molecule has 0 spiro atoms. The summed E-state index contributed by atoms with van der Waals surface area (Å²) in [5.41, 5.74) is 0. The van der Waals surface area contributed by atoms with E-state index in [-0.39, 0.29) is 6.42 Å².